The Morgan fingerprint density at radius 2 is 1.86 bits per heavy atom. The molecule has 0 atom stereocenters. The number of aromatic nitrogens is 4. The molecule has 0 fully saturated rings. The lowest BCUT2D eigenvalue weighted by Crippen LogP contribution is -2.28. The van der Waals surface area contributed by atoms with Gasteiger partial charge in [-0.3, -0.25) is 4.79 Å². The van der Waals surface area contributed by atoms with Gasteiger partial charge < -0.3 is 19.5 Å². The average molecular weight is 383 g/mol. The van der Waals surface area contributed by atoms with Gasteiger partial charge >= 0.3 is 0 Å². The second-order valence-corrected chi connectivity index (χ2v) is 5.80. The molecule has 9 nitrogen and oxygen atoms in total. The van der Waals surface area contributed by atoms with Crippen LogP contribution in [0.25, 0.3) is 0 Å². The zero-order valence-electron chi connectivity index (χ0n) is 15.7. The van der Waals surface area contributed by atoms with E-state index in [1.54, 1.807) is 20.3 Å². The third-order valence-electron chi connectivity index (χ3n) is 3.83. The van der Waals surface area contributed by atoms with Crippen LogP contribution in [0.2, 0.25) is 0 Å². The van der Waals surface area contributed by atoms with Gasteiger partial charge in [-0.15, -0.1) is 10.2 Å². The molecule has 146 valence electrons. The lowest BCUT2D eigenvalue weighted by atomic mass is 10.2. The molecule has 3 rings (SSSR count). The van der Waals surface area contributed by atoms with Gasteiger partial charge in [0.1, 0.15) is 12.3 Å². The van der Waals surface area contributed by atoms with E-state index in [9.17, 15) is 4.79 Å². The summed E-state index contributed by atoms with van der Waals surface area (Å²) in [4.78, 5) is 13.4. The van der Waals surface area contributed by atoms with E-state index in [0.29, 0.717) is 29.6 Å². The topological polar surface area (TPSA) is 100 Å². The van der Waals surface area contributed by atoms with E-state index < -0.39 is 0 Å². The van der Waals surface area contributed by atoms with Gasteiger partial charge in [0.05, 0.1) is 14.2 Å². The highest BCUT2D eigenvalue weighted by Crippen LogP contribution is 2.27. The SMILES string of the molecule is COc1ccc(CNC(=O)Cn2nnc(COc3ccccc3)n2)cc1OC. The fraction of sp³-hybridized carbons (Fsp3) is 0.263. The van der Waals surface area contributed by atoms with Gasteiger partial charge in [0.25, 0.3) is 0 Å². The number of rotatable bonds is 9. The largest absolute Gasteiger partial charge is 0.493 e. The van der Waals surface area contributed by atoms with Crippen LogP contribution in [0.1, 0.15) is 11.4 Å². The molecule has 0 bridgehead atoms. The number of para-hydroxylation sites is 1. The van der Waals surface area contributed by atoms with Gasteiger partial charge in [-0.05, 0) is 35.0 Å². The number of nitrogens with one attached hydrogen (secondary N) is 1. The van der Waals surface area contributed by atoms with Gasteiger partial charge in [-0.1, -0.05) is 24.3 Å². The molecule has 9 heteroatoms. The van der Waals surface area contributed by atoms with Crippen molar-refractivity contribution in [3.05, 3.63) is 59.9 Å². The number of methoxy groups -OCH3 is 2. The van der Waals surface area contributed by atoms with E-state index in [2.05, 4.69) is 20.7 Å². The molecular weight excluding hydrogens is 362 g/mol. The molecule has 0 spiro atoms. The third kappa shape index (κ3) is 5.19. The molecule has 1 aromatic heterocycles. The number of benzene rings is 2. The minimum absolute atomic E-state index is 0.0361. The maximum atomic E-state index is 12.1. The van der Waals surface area contributed by atoms with E-state index in [4.69, 9.17) is 14.2 Å². The standard InChI is InChI=1S/C19H21N5O4/c1-26-16-9-8-14(10-17(16)27-2)11-20-19(25)12-24-22-18(21-23-24)13-28-15-6-4-3-5-7-15/h3-10H,11-13H2,1-2H3,(H,20,25). The van der Waals surface area contributed by atoms with Crippen LogP contribution >= 0.6 is 0 Å². The molecular formula is C19H21N5O4. The van der Waals surface area contributed by atoms with Crippen LogP contribution in [0.5, 0.6) is 17.2 Å². The van der Waals surface area contributed by atoms with Crippen molar-refractivity contribution in [1.82, 2.24) is 25.5 Å². The highest BCUT2D eigenvalue weighted by molar-refractivity contribution is 5.75. The smallest absolute Gasteiger partial charge is 0.243 e. The quantitative estimate of drug-likeness (QED) is 0.599. The van der Waals surface area contributed by atoms with E-state index in [1.807, 2.05) is 42.5 Å². The summed E-state index contributed by atoms with van der Waals surface area (Å²) in [5.41, 5.74) is 0.884. The Hall–Kier alpha value is -3.62. The molecule has 0 unspecified atom stereocenters. The lowest BCUT2D eigenvalue weighted by molar-refractivity contribution is -0.122. The third-order valence-corrected chi connectivity index (χ3v) is 3.83. The van der Waals surface area contributed by atoms with Crippen LogP contribution < -0.4 is 19.5 Å². The van der Waals surface area contributed by atoms with Gasteiger partial charge in [0.15, 0.2) is 18.1 Å². The molecule has 1 amide bonds. The van der Waals surface area contributed by atoms with Gasteiger partial charge in [-0.2, -0.15) is 4.80 Å². The normalized spacial score (nSPS) is 10.4. The van der Waals surface area contributed by atoms with Crippen LogP contribution in [0.4, 0.5) is 0 Å². The average Bonchev–Trinajstić information content (AvgIpc) is 3.18. The molecule has 1 heterocycles. The second-order valence-electron chi connectivity index (χ2n) is 5.80. The summed E-state index contributed by atoms with van der Waals surface area (Å²) in [6, 6.07) is 14.8. The molecule has 3 aromatic rings. The second kappa shape index (κ2) is 9.36. The highest BCUT2D eigenvalue weighted by atomic mass is 16.5. The number of amides is 1. The number of nitrogens with zero attached hydrogens (tertiary/aromatic N) is 4. The molecule has 0 aliphatic heterocycles. The maximum absolute atomic E-state index is 12.1. The molecule has 0 aliphatic carbocycles. The van der Waals surface area contributed by atoms with Gasteiger partial charge in [0, 0.05) is 6.54 Å². The summed E-state index contributed by atoms with van der Waals surface area (Å²) in [7, 11) is 3.14. The van der Waals surface area contributed by atoms with Crippen molar-refractivity contribution < 1.29 is 19.0 Å². The van der Waals surface area contributed by atoms with Crippen LogP contribution in [0, 0.1) is 0 Å². The predicted molar refractivity (Wildman–Crippen MR) is 100.0 cm³/mol. The fourth-order valence-electron chi connectivity index (χ4n) is 2.44. The predicted octanol–water partition coefficient (Wildman–Crippen LogP) is 1.59. The van der Waals surface area contributed by atoms with Crippen molar-refractivity contribution >= 4 is 5.91 Å². The minimum atomic E-state index is -0.234. The first kappa shape index (κ1) is 19.2. The summed E-state index contributed by atoms with van der Waals surface area (Å²) in [5.74, 6) is 2.12. The zero-order chi connectivity index (χ0) is 19.8. The Balaban J connectivity index is 1.48. The number of carbonyl (C=O) groups excluding carboxylic acids is 1. The Bertz CT molecular complexity index is 914. The molecule has 2 aromatic carbocycles. The van der Waals surface area contributed by atoms with Crippen LogP contribution in [-0.2, 0) is 24.5 Å². The van der Waals surface area contributed by atoms with Crippen molar-refractivity contribution in [1.29, 1.82) is 0 Å². The van der Waals surface area contributed by atoms with Crippen molar-refractivity contribution in [2.75, 3.05) is 14.2 Å². The minimum Gasteiger partial charge on any atom is -0.493 e. The zero-order valence-corrected chi connectivity index (χ0v) is 15.7. The molecule has 0 saturated heterocycles. The van der Waals surface area contributed by atoms with Gasteiger partial charge in [-0.25, -0.2) is 0 Å². The molecule has 0 radical (unpaired) electrons. The summed E-state index contributed by atoms with van der Waals surface area (Å²) in [6.07, 6.45) is 0. The van der Waals surface area contributed by atoms with Crippen LogP contribution in [0.15, 0.2) is 48.5 Å². The van der Waals surface area contributed by atoms with E-state index in [1.165, 1.54) is 4.80 Å². The van der Waals surface area contributed by atoms with Gasteiger partial charge in [0.2, 0.25) is 11.7 Å². The van der Waals surface area contributed by atoms with Crippen LogP contribution in [-0.4, -0.2) is 40.3 Å². The summed E-state index contributed by atoms with van der Waals surface area (Å²) < 4.78 is 16.0. The molecule has 0 aliphatic rings. The highest BCUT2D eigenvalue weighted by Gasteiger charge is 2.09. The van der Waals surface area contributed by atoms with Crippen molar-refractivity contribution in [2.24, 2.45) is 0 Å². The van der Waals surface area contributed by atoms with Crippen molar-refractivity contribution in [2.45, 2.75) is 19.7 Å². The molecule has 28 heavy (non-hydrogen) atoms. The van der Waals surface area contributed by atoms with Crippen molar-refractivity contribution in [3.63, 3.8) is 0 Å². The number of carbonyl (C=O) groups is 1. The van der Waals surface area contributed by atoms with Crippen molar-refractivity contribution in [3.8, 4) is 17.2 Å². The Kier molecular flexibility index (Phi) is 6.40. The lowest BCUT2D eigenvalue weighted by Gasteiger charge is -2.10. The number of ether oxygens (including phenoxy) is 3. The maximum Gasteiger partial charge on any atom is 0.243 e. The van der Waals surface area contributed by atoms with E-state index in [-0.39, 0.29) is 19.1 Å². The first-order valence-corrected chi connectivity index (χ1v) is 8.60. The molecule has 0 saturated carbocycles. The summed E-state index contributed by atoms with van der Waals surface area (Å²) >= 11 is 0. The van der Waals surface area contributed by atoms with E-state index in [0.717, 1.165) is 5.56 Å². The Labute approximate surface area is 162 Å². The van der Waals surface area contributed by atoms with Crippen LogP contribution in [0.3, 0.4) is 0 Å². The Morgan fingerprint density at radius 1 is 1.07 bits per heavy atom. The Morgan fingerprint density at radius 3 is 2.61 bits per heavy atom. The summed E-state index contributed by atoms with van der Waals surface area (Å²) in [5, 5.41) is 14.7. The number of hydrogen-bond acceptors (Lipinski definition) is 7. The number of hydrogen-bond donors (Lipinski definition) is 1. The summed E-state index contributed by atoms with van der Waals surface area (Å²) in [6.45, 7) is 0.487. The first-order valence-electron chi connectivity index (χ1n) is 8.60. The monoisotopic (exact) mass is 383 g/mol. The first-order chi connectivity index (χ1) is 13.7. The number of tetrazole rings is 1. The fourth-order valence-corrected chi connectivity index (χ4v) is 2.44. The van der Waals surface area contributed by atoms with E-state index >= 15 is 0 Å². The molecule has 1 N–H and O–H groups in total.